The lowest BCUT2D eigenvalue weighted by molar-refractivity contribution is -0.155. The molecule has 0 saturated carbocycles. The molecule has 0 aromatic heterocycles. The van der Waals surface area contributed by atoms with Gasteiger partial charge in [-0.15, -0.1) is 0 Å². The maximum absolute atomic E-state index is 11.5. The molecule has 15 heavy (non-hydrogen) atoms. The Bertz CT molecular complexity index is 202. The van der Waals surface area contributed by atoms with Crippen molar-refractivity contribution in [3.8, 4) is 0 Å². The molecule has 1 rings (SSSR count). The number of likely N-dealkylation sites (tertiary alicyclic amines) is 1. The summed E-state index contributed by atoms with van der Waals surface area (Å²) >= 11 is 0. The van der Waals surface area contributed by atoms with Crippen LogP contribution < -0.4 is 0 Å². The van der Waals surface area contributed by atoms with Crippen LogP contribution in [-0.4, -0.2) is 43.4 Å². The molecular formula is C11H21NO3. The van der Waals surface area contributed by atoms with Crippen LogP contribution in [0.3, 0.4) is 0 Å². The van der Waals surface area contributed by atoms with Gasteiger partial charge in [-0.2, -0.15) is 0 Å². The van der Waals surface area contributed by atoms with Crippen LogP contribution in [0.1, 0.15) is 27.2 Å². The highest BCUT2D eigenvalue weighted by Crippen LogP contribution is 2.17. The van der Waals surface area contributed by atoms with Gasteiger partial charge in [0.2, 0.25) is 5.91 Å². The monoisotopic (exact) mass is 215 g/mol. The second kappa shape index (κ2) is 6.08. The van der Waals surface area contributed by atoms with E-state index in [1.807, 2.05) is 18.7 Å². The van der Waals surface area contributed by atoms with Crippen LogP contribution in [0.25, 0.3) is 0 Å². The molecule has 1 amide bonds. The number of ether oxygens (including phenoxy) is 2. The Morgan fingerprint density at radius 3 is 2.40 bits per heavy atom. The maximum atomic E-state index is 11.5. The summed E-state index contributed by atoms with van der Waals surface area (Å²) in [6.45, 7) is 8.57. The van der Waals surface area contributed by atoms with E-state index in [9.17, 15) is 4.79 Å². The molecule has 0 aromatic rings. The molecule has 1 heterocycles. The Labute approximate surface area is 91.5 Å². The quantitative estimate of drug-likeness (QED) is 0.626. The fourth-order valence-electron chi connectivity index (χ4n) is 1.85. The summed E-state index contributed by atoms with van der Waals surface area (Å²) in [5, 5.41) is 0. The summed E-state index contributed by atoms with van der Waals surface area (Å²) in [5.74, 6) is 0.674. The predicted molar refractivity (Wildman–Crippen MR) is 57.4 cm³/mol. The van der Waals surface area contributed by atoms with Gasteiger partial charge in [-0.3, -0.25) is 4.79 Å². The van der Waals surface area contributed by atoms with Crippen LogP contribution in [0.5, 0.6) is 0 Å². The summed E-state index contributed by atoms with van der Waals surface area (Å²) in [6.07, 6.45) is 0.388. The molecule has 0 radical (unpaired) electrons. The largest absolute Gasteiger partial charge is 0.351 e. The van der Waals surface area contributed by atoms with Crippen molar-refractivity contribution in [2.45, 2.75) is 33.5 Å². The van der Waals surface area contributed by atoms with Crippen molar-refractivity contribution in [1.82, 2.24) is 4.90 Å². The minimum Gasteiger partial charge on any atom is -0.351 e. The number of hydrogen-bond donors (Lipinski definition) is 0. The van der Waals surface area contributed by atoms with Crippen LogP contribution in [0, 0.1) is 5.92 Å². The standard InChI is InChI=1S/C11H21NO3/c1-4-14-11(15-5-2)8-12-7-9(3)6-10(12)13/h9,11H,4-8H2,1-3H3. The summed E-state index contributed by atoms with van der Waals surface area (Å²) in [4.78, 5) is 13.4. The van der Waals surface area contributed by atoms with Gasteiger partial charge in [0.25, 0.3) is 0 Å². The molecule has 0 N–H and O–H groups in total. The van der Waals surface area contributed by atoms with Crippen molar-refractivity contribution in [1.29, 1.82) is 0 Å². The Morgan fingerprint density at radius 2 is 2.00 bits per heavy atom. The minimum absolute atomic E-state index is 0.215. The molecule has 1 atom stereocenters. The fraction of sp³-hybridized carbons (Fsp3) is 0.909. The van der Waals surface area contributed by atoms with E-state index < -0.39 is 0 Å². The van der Waals surface area contributed by atoms with Crippen LogP contribution in [0.4, 0.5) is 0 Å². The topological polar surface area (TPSA) is 38.8 Å². The average Bonchev–Trinajstić information content (AvgIpc) is 2.46. The van der Waals surface area contributed by atoms with E-state index in [1.54, 1.807) is 0 Å². The zero-order valence-corrected chi connectivity index (χ0v) is 9.86. The van der Waals surface area contributed by atoms with E-state index in [2.05, 4.69) is 6.92 Å². The van der Waals surface area contributed by atoms with E-state index in [-0.39, 0.29) is 12.2 Å². The van der Waals surface area contributed by atoms with Crippen LogP contribution in [-0.2, 0) is 14.3 Å². The maximum Gasteiger partial charge on any atom is 0.223 e. The average molecular weight is 215 g/mol. The Balaban J connectivity index is 2.39. The third-order valence-electron chi connectivity index (χ3n) is 2.48. The Morgan fingerprint density at radius 1 is 1.40 bits per heavy atom. The fourth-order valence-corrected chi connectivity index (χ4v) is 1.85. The molecule has 4 nitrogen and oxygen atoms in total. The second-order valence-electron chi connectivity index (χ2n) is 3.95. The van der Waals surface area contributed by atoms with E-state index in [4.69, 9.17) is 9.47 Å². The molecule has 0 aromatic carbocycles. The van der Waals surface area contributed by atoms with E-state index in [0.29, 0.717) is 32.1 Å². The Hall–Kier alpha value is -0.610. The van der Waals surface area contributed by atoms with Crippen molar-refractivity contribution in [3.63, 3.8) is 0 Å². The van der Waals surface area contributed by atoms with Crippen LogP contribution >= 0.6 is 0 Å². The van der Waals surface area contributed by atoms with Crippen LogP contribution in [0.2, 0.25) is 0 Å². The zero-order chi connectivity index (χ0) is 11.3. The van der Waals surface area contributed by atoms with Crippen LogP contribution in [0.15, 0.2) is 0 Å². The van der Waals surface area contributed by atoms with Crippen molar-refractivity contribution in [2.75, 3.05) is 26.3 Å². The van der Waals surface area contributed by atoms with Gasteiger partial charge < -0.3 is 14.4 Å². The summed E-state index contributed by atoms with van der Waals surface area (Å²) in [7, 11) is 0. The SMILES string of the molecule is CCOC(CN1CC(C)CC1=O)OCC. The van der Waals surface area contributed by atoms with E-state index in [0.717, 1.165) is 6.54 Å². The molecule has 1 saturated heterocycles. The summed E-state index contributed by atoms with van der Waals surface area (Å²) < 4.78 is 10.8. The third-order valence-corrected chi connectivity index (χ3v) is 2.48. The van der Waals surface area contributed by atoms with Gasteiger partial charge in [-0.05, 0) is 19.8 Å². The number of carbonyl (C=O) groups is 1. The van der Waals surface area contributed by atoms with Gasteiger partial charge in [0.15, 0.2) is 6.29 Å². The molecule has 1 aliphatic rings. The molecule has 0 bridgehead atoms. The smallest absolute Gasteiger partial charge is 0.223 e. The second-order valence-corrected chi connectivity index (χ2v) is 3.95. The molecule has 1 unspecified atom stereocenters. The highest BCUT2D eigenvalue weighted by molar-refractivity contribution is 5.78. The highest BCUT2D eigenvalue weighted by Gasteiger charge is 2.28. The molecule has 1 fully saturated rings. The van der Waals surface area contributed by atoms with Crippen molar-refractivity contribution >= 4 is 5.91 Å². The van der Waals surface area contributed by atoms with Gasteiger partial charge in [0.05, 0.1) is 6.54 Å². The van der Waals surface area contributed by atoms with Crippen molar-refractivity contribution < 1.29 is 14.3 Å². The minimum atomic E-state index is -0.269. The summed E-state index contributed by atoms with van der Waals surface area (Å²) in [6, 6.07) is 0. The number of amides is 1. The van der Waals surface area contributed by atoms with Gasteiger partial charge >= 0.3 is 0 Å². The van der Waals surface area contributed by atoms with E-state index in [1.165, 1.54) is 0 Å². The normalized spacial score (nSPS) is 21.7. The lowest BCUT2D eigenvalue weighted by Gasteiger charge is -2.23. The lowest BCUT2D eigenvalue weighted by Crippen LogP contribution is -2.36. The van der Waals surface area contributed by atoms with Gasteiger partial charge in [-0.1, -0.05) is 6.92 Å². The first-order valence-corrected chi connectivity index (χ1v) is 5.68. The molecule has 0 aliphatic carbocycles. The molecular weight excluding hydrogens is 194 g/mol. The molecule has 0 spiro atoms. The first kappa shape index (κ1) is 12.5. The molecule has 4 heteroatoms. The predicted octanol–water partition coefficient (Wildman–Crippen LogP) is 1.25. The lowest BCUT2D eigenvalue weighted by atomic mass is 10.2. The number of nitrogens with zero attached hydrogens (tertiary/aromatic N) is 1. The first-order chi connectivity index (χ1) is 7.17. The first-order valence-electron chi connectivity index (χ1n) is 5.68. The van der Waals surface area contributed by atoms with Gasteiger partial charge in [0, 0.05) is 26.2 Å². The number of hydrogen-bond acceptors (Lipinski definition) is 3. The highest BCUT2D eigenvalue weighted by atomic mass is 16.7. The van der Waals surface area contributed by atoms with Crippen molar-refractivity contribution in [3.05, 3.63) is 0 Å². The van der Waals surface area contributed by atoms with Crippen molar-refractivity contribution in [2.24, 2.45) is 5.92 Å². The van der Waals surface area contributed by atoms with E-state index >= 15 is 0 Å². The number of rotatable bonds is 6. The third kappa shape index (κ3) is 3.80. The Kier molecular flexibility index (Phi) is 5.05. The van der Waals surface area contributed by atoms with Gasteiger partial charge in [-0.25, -0.2) is 0 Å². The number of carbonyl (C=O) groups excluding carboxylic acids is 1. The summed E-state index contributed by atoms with van der Waals surface area (Å²) in [5.41, 5.74) is 0. The van der Waals surface area contributed by atoms with Gasteiger partial charge in [0.1, 0.15) is 0 Å². The zero-order valence-electron chi connectivity index (χ0n) is 9.86. The molecule has 88 valence electrons. The molecule has 1 aliphatic heterocycles.